The molecule has 0 fully saturated rings. The lowest BCUT2D eigenvalue weighted by Crippen LogP contribution is -2.15. The van der Waals surface area contributed by atoms with E-state index in [1.54, 1.807) is 0 Å². The molecule has 0 saturated carbocycles. The predicted molar refractivity (Wildman–Crippen MR) is 116 cm³/mol. The minimum absolute atomic E-state index is 0.592. The van der Waals surface area contributed by atoms with E-state index in [2.05, 4.69) is 74.0 Å². The molecule has 0 unspecified atom stereocenters. The second-order valence-corrected chi connectivity index (χ2v) is 6.89. The lowest BCUT2D eigenvalue weighted by Gasteiger charge is -2.19. The molecule has 4 rings (SSSR count). The van der Waals surface area contributed by atoms with Crippen molar-refractivity contribution in [3.8, 4) is 22.6 Å². The molecule has 0 aliphatic carbocycles. The van der Waals surface area contributed by atoms with Crippen LogP contribution in [0.1, 0.15) is 27.9 Å². The van der Waals surface area contributed by atoms with Crippen LogP contribution in [0.4, 0.5) is 0 Å². The van der Waals surface area contributed by atoms with Gasteiger partial charge in [-0.2, -0.15) is 0 Å². The maximum absolute atomic E-state index is 5.74. The average molecular weight is 369 g/mol. The number of aryl methyl sites for hydroxylation is 1. The number of hydrogen-bond donors (Lipinski definition) is 0. The molecule has 1 aliphatic heterocycles. The SMILES string of the molecule is C=Cc1cnc(/C=C/c2cccc(-c3ccc4c(c3)OCCO4)c2C)c(C)c1. The fourth-order valence-corrected chi connectivity index (χ4v) is 3.42. The third kappa shape index (κ3) is 3.56. The van der Waals surface area contributed by atoms with Crippen LogP contribution in [0.15, 0.2) is 55.2 Å². The first-order chi connectivity index (χ1) is 13.7. The van der Waals surface area contributed by atoms with Gasteiger partial charge in [0.2, 0.25) is 0 Å². The Bertz CT molecular complexity index is 1070. The fraction of sp³-hybridized carbons (Fsp3) is 0.160. The summed E-state index contributed by atoms with van der Waals surface area (Å²) >= 11 is 0. The quantitative estimate of drug-likeness (QED) is 0.569. The number of aromatic nitrogens is 1. The molecule has 3 heteroatoms. The molecule has 2 aromatic carbocycles. The van der Waals surface area contributed by atoms with Crippen molar-refractivity contribution in [1.29, 1.82) is 0 Å². The van der Waals surface area contributed by atoms with E-state index in [-0.39, 0.29) is 0 Å². The van der Waals surface area contributed by atoms with Gasteiger partial charge in [-0.1, -0.05) is 43.0 Å². The first-order valence-electron chi connectivity index (χ1n) is 9.42. The van der Waals surface area contributed by atoms with Gasteiger partial charge in [0, 0.05) is 6.20 Å². The maximum Gasteiger partial charge on any atom is 0.161 e. The topological polar surface area (TPSA) is 31.4 Å². The molecular formula is C25H23NO2. The van der Waals surface area contributed by atoms with Crippen molar-refractivity contribution in [2.45, 2.75) is 13.8 Å². The van der Waals surface area contributed by atoms with Crippen LogP contribution in [-0.2, 0) is 0 Å². The molecule has 1 aliphatic rings. The van der Waals surface area contributed by atoms with E-state index in [0.717, 1.165) is 33.9 Å². The largest absolute Gasteiger partial charge is 0.486 e. The number of ether oxygens (including phenoxy) is 2. The molecule has 28 heavy (non-hydrogen) atoms. The highest BCUT2D eigenvalue weighted by Gasteiger charge is 2.13. The Morgan fingerprint density at radius 2 is 1.79 bits per heavy atom. The molecule has 2 heterocycles. The second kappa shape index (κ2) is 7.73. The highest BCUT2D eigenvalue weighted by Crippen LogP contribution is 2.36. The van der Waals surface area contributed by atoms with Crippen molar-refractivity contribution < 1.29 is 9.47 Å². The minimum Gasteiger partial charge on any atom is -0.486 e. The Balaban J connectivity index is 1.66. The highest BCUT2D eigenvalue weighted by molar-refractivity contribution is 5.78. The normalized spacial score (nSPS) is 12.9. The third-order valence-electron chi connectivity index (χ3n) is 5.03. The molecule has 0 saturated heterocycles. The Morgan fingerprint density at radius 1 is 0.964 bits per heavy atom. The first-order valence-corrected chi connectivity index (χ1v) is 9.42. The summed E-state index contributed by atoms with van der Waals surface area (Å²) in [5, 5.41) is 0. The van der Waals surface area contributed by atoms with Crippen LogP contribution in [0.25, 0.3) is 29.4 Å². The summed E-state index contributed by atoms with van der Waals surface area (Å²) in [6.45, 7) is 9.21. The molecule has 140 valence electrons. The standard InChI is InChI=1S/C25H23NO2/c1-4-19-14-17(2)23(26-16-19)10-8-20-6-5-7-22(18(20)3)21-9-11-24-25(15-21)28-13-12-27-24/h4-11,14-16H,1,12-13H2,2-3H3/b10-8+. The molecule has 0 amide bonds. The van der Waals surface area contributed by atoms with Gasteiger partial charge in [0.25, 0.3) is 0 Å². The Labute approximate surface area is 166 Å². The van der Waals surface area contributed by atoms with Gasteiger partial charge in [-0.25, -0.2) is 0 Å². The summed E-state index contributed by atoms with van der Waals surface area (Å²) in [6, 6.07) is 14.6. The summed E-state index contributed by atoms with van der Waals surface area (Å²) in [4.78, 5) is 4.53. The van der Waals surface area contributed by atoms with E-state index in [4.69, 9.17) is 9.47 Å². The second-order valence-electron chi connectivity index (χ2n) is 6.89. The van der Waals surface area contributed by atoms with E-state index in [9.17, 15) is 0 Å². The number of fused-ring (bicyclic) bond motifs is 1. The summed E-state index contributed by atoms with van der Waals surface area (Å²) in [5.41, 5.74) is 7.83. The molecular weight excluding hydrogens is 346 g/mol. The summed E-state index contributed by atoms with van der Waals surface area (Å²) < 4.78 is 11.4. The number of nitrogens with zero attached hydrogens (tertiary/aromatic N) is 1. The summed E-state index contributed by atoms with van der Waals surface area (Å²) in [7, 11) is 0. The molecule has 0 bridgehead atoms. The van der Waals surface area contributed by atoms with Crippen LogP contribution >= 0.6 is 0 Å². The Morgan fingerprint density at radius 3 is 2.57 bits per heavy atom. The number of rotatable bonds is 4. The van der Waals surface area contributed by atoms with E-state index in [0.29, 0.717) is 13.2 Å². The van der Waals surface area contributed by atoms with Crippen LogP contribution in [0, 0.1) is 13.8 Å². The van der Waals surface area contributed by atoms with Crippen molar-refractivity contribution >= 4 is 18.2 Å². The van der Waals surface area contributed by atoms with Crippen LogP contribution in [-0.4, -0.2) is 18.2 Å². The maximum atomic E-state index is 5.74. The number of pyridine rings is 1. The minimum atomic E-state index is 0.592. The average Bonchev–Trinajstić information content (AvgIpc) is 2.73. The van der Waals surface area contributed by atoms with Crippen LogP contribution in [0.3, 0.4) is 0 Å². The van der Waals surface area contributed by atoms with E-state index in [1.807, 2.05) is 18.3 Å². The molecule has 1 aromatic heterocycles. The molecule has 0 atom stereocenters. The predicted octanol–water partition coefficient (Wildman–Crippen LogP) is 5.95. The van der Waals surface area contributed by atoms with Gasteiger partial charge in [0.05, 0.1) is 5.69 Å². The van der Waals surface area contributed by atoms with Crippen molar-refractivity contribution in [1.82, 2.24) is 4.98 Å². The monoisotopic (exact) mass is 369 g/mol. The van der Waals surface area contributed by atoms with Crippen molar-refractivity contribution in [3.05, 3.63) is 83.2 Å². The molecule has 0 N–H and O–H groups in total. The van der Waals surface area contributed by atoms with E-state index >= 15 is 0 Å². The molecule has 0 spiro atoms. The molecule has 0 radical (unpaired) electrons. The van der Waals surface area contributed by atoms with E-state index < -0.39 is 0 Å². The zero-order valence-corrected chi connectivity index (χ0v) is 16.2. The van der Waals surface area contributed by atoms with E-state index in [1.165, 1.54) is 16.7 Å². The van der Waals surface area contributed by atoms with Gasteiger partial charge in [-0.05, 0) is 71.5 Å². The summed E-state index contributed by atoms with van der Waals surface area (Å²) in [6.07, 6.45) is 7.85. The van der Waals surface area contributed by atoms with Gasteiger partial charge in [-0.3, -0.25) is 4.98 Å². The lowest BCUT2D eigenvalue weighted by molar-refractivity contribution is 0.171. The number of benzene rings is 2. The molecule has 3 nitrogen and oxygen atoms in total. The zero-order valence-electron chi connectivity index (χ0n) is 16.2. The van der Waals surface area contributed by atoms with Gasteiger partial charge >= 0.3 is 0 Å². The first kappa shape index (κ1) is 18.1. The third-order valence-corrected chi connectivity index (χ3v) is 5.03. The van der Waals surface area contributed by atoms with Gasteiger partial charge in [0.15, 0.2) is 11.5 Å². The Hall–Kier alpha value is -3.33. The van der Waals surface area contributed by atoms with Crippen molar-refractivity contribution in [2.24, 2.45) is 0 Å². The van der Waals surface area contributed by atoms with Crippen LogP contribution < -0.4 is 9.47 Å². The van der Waals surface area contributed by atoms with Crippen LogP contribution in [0.2, 0.25) is 0 Å². The van der Waals surface area contributed by atoms with Gasteiger partial charge < -0.3 is 9.47 Å². The highest BCUT2D eigenvalue weighted by atomic mass is 16.6. The van der Waals surface area contributed by atoms with Gasteiger partial charge in [-0.15, -0.1) is 0 Å². The zero-order chi connectivity index (χ0) is 19.5. The molecule has 3 aromatic rings. The lowest BCUT2D eigenvalue weighted by atomic mass is 9.95. The van der Waals surface area contributed by atoms with Crippen molar-refractivity contribution in [3.63, 3.8) is 0 Å². The Kier molecular flexibility index (Phi) is 4.98. The number of hydrogen-bond acceptors (Lipinski definition) is 3. The smallest absolute Gasteiger partial charge is 0.161 e. The summed E-state index contributed by atoms with van der Waals surface area (Å²) in [5.74, 6) is 1.62. The van der Waals surface area contributed by atoms with Crippen molar-refractivity contribution in [2.75, 3.05) is 13.2 Å². The van der Waals surface area contributed by atoms with Gasteiger partial charge in [0.1, 0.15) is 13.2 Å². The fourth-order valence-electron chi connectivity index (χ4n) is 3.42. The van der Waals surface area contributed by atoms with Crippen LogP contribution in [0.5, 0.6) is 11.5 Å².